The zero-order chi connectivity index (χ0) is 17.4. The van der Waals surface area contributed by atoms with E-state index in [0.29, 0.717) is 5.13 Å². The van der Waals surface area contributed by atoms with Crippen LogP contribution in [0.15, 0.2) is 42.3 Å². The van der Waals surface area contributed by atoms with Gasteiger partial charge in [-0.05, 0) is 37.6 Å². The summed E-state index contributed by atoms with van der Waals surface area (Å²) in [5.41, 5.74) is 3.10. The fourth-order valence-corrected chi connectivity index (χ4v) is 3.61. The van der Waals surface area contributed by atoms with Gasteiger partial charge in [0.2, 0.25) is 5.91 Å². The predicted octanol–water partition coefficient (Wildman–Crippen LogP) is 3.53. The molecule has 1 aliphatic rings. The fraction of sp³-hybridized carbons (Fsp3) is 0.278. The van der Waals surface area contributed by atoms with Crippen molar-refractivity contribution in [1.29, 1.82) is 0 Å². The van der Waals surface area contributed by atoms with E-state index >= 15 is 0 Å². The third kappa shape index (κ3) is 3.15. The minimum atomic E-state index is -0.339. The number of carbonyl (C=O) groups is 1. The summed E-state index contributed by atoms with van der Waals surface area (Å²) in [6, 6.07) is 5.78. The number of ether oxygens (including phenoxy) is 1. The lowest BCUT2D eigenvalue weighted by Gasteiger charge is -2.11. The van der Waals surface area contributed by atoms with E-state index in [2.05, 4.69) is 28.3 Å². The monoisotopic (exact) mass is 354 g/mol. The van der Waals surface area contributed by atoms with Crippen molar-refractivity contribution in [3.8, 4) is 17.0 Å². The van der Waals surface area contributed by atoms with Gasteiger partial charge in [0, 0.05) is 29.8 Å². The van der Waals surface area contributed by atoms with Crippen molar-refractivity contribution >= 4 is 22.4 Å². The van der Waals surface area contributed by atoms with Gasteiger partial charge in [-0.2, -0.15) is 0 Å². The molecule has 25 heavy (non-hydrogen) atoms. The highest BCUT2D eigenvalue weighted by molar-refractivity contribution is 7.14. The molecule has 1 aromatic carbocycles. The normalized spacial score (nSPS) is 17.0. The van der Waals surface area contributed by atoms with Crippen LogP contribution in [0.3, 0.4) is 0 Å². The van der Waals surface area contributed by atoms with E-state index in [1.165, 1.54) is 16.9 Å². The van der Waals surface area contributed by atoms with Crippen LogP contribution in [0.1, 0.15) is 25.5 Å². The summed E-state index contributed by atoms with van der Waals surface area (Å²) in [7, 11) is 0. The second-order valence-electron chi connectivity index (χ2n) is 6.17. The number of anilines is 1. The van der Waals surface area contributed by atoms with Gasteiger partial charge in [-0.3, -0.25) is 4.79 Å². The molecule has 6 nitrogen and oxygen atoms in total. The third-order valence-electron chi connectivity index (χ3n) is 4.28. The van der Waals surface area contributed by atoms with Gasteiger partial charge in [-0.15, -0.1) is 11.3 Å². The first-order valence-electron chi connectivity index (χ1n) is 8.14. The van der Waals surface area contributed by atoms with Crippen molar-refractivity contribution < 1.29 is 9.53 Å². The summed E-state index contributed by atoms with van der Waals surface area (Å²) in [5, 5.41) is 5.43. The quantitative estimate of drug-likeness (QED) is 0.778. The molecule has 7 heteroatoms. The number of thiazole rings is 1. The maximum atomic E-state index is 12.3. The Labute approximate surface area is 149 Å². The largest absolute Gasteiger partial charge is 0.490 e. The number of imidazole rings is 1. The van der Waals surface area contributed by atoms with Crippen molar-refractivity contribution in [1.82, 2.24) is 14.5 Å². The number of nitrogens with one attached hydrogen (secondary N) is 1. The van der Waals surface area contributed by atoms with Gasteiger partial charge in [-0.1, -0.05) is 0 Å². The molecule has 2 aromatic heterocycles. The van der Waals surface area contributed by atoms with Crippen molar-refractivity contribution in [3.63, 3.8) is 0 Å². The Morgan fingerprint density at radius 3 is 3.16 bits per heavy atom. The Morgan fingerprint density at radius 1 is 1.48 bits per heavy atom. The molecule has 0 fully saturated rings. The molecule has 3 heterocycles. The molecule has 0 saturated heterocycles. The lowest BCUT2D eigenvalue weighted by atomic mass is 10.1. The van der Waals surface area contributed by atoms with E-state index < -0.39 is 0 Å². The Morgan fingerprint density at radius 2 is 2.36 bits per heavy atom. The minimum absolute atomic E-state index is 0.116. The van der Waals surface area contributed by atoms with Crippen LogP contribution in [0.4, 0.5) is 5.13 Å². The summed E-state index contributed by atoms with van der Waals surface area (Å²) in [4.78, 5) is 20.9. The van der Waals surface area contributed by atoms with Crippen LogP contribution >= 0.6 is 11.3 Å². The Kier molecular flexibility index (Phi) is 4.01. The van der Waals surface area contributed by atoms with Gasteiger partial charge in [0.1, 0.15) is 17.9 Å². The van der Waals surface area contributed by atoms with Gasteiger partial charge in [0.05, 0.1) is 12.0 Å². The van der Waals surface area contributed by atoms with Crippen LogP contribution in [0, 0.1) is 0 Å². The van der Waals surface area contributed by atoms with Crippen molar-refractivity contribution in [2.75, 3.05) is 5.32 Å². The average molecular weight is 354 g/mol. The van der Waals surface area contributed by atoms with Crippen molar-refractivity contribution in [2.45, 2.75) is 32.4 Å². The first-order chi connectivity index (χ1) is 12.1. The van der Waals surface area contributed by atoms with Crippen molar-refractivity contribution in [2.24, 2.45) is 0 Å². The van der Waals surface area contributed by atoms with Crippen molar-refractivity contribution in [3.05, 3.63) is 47.9 Å². The standard InChI is InChI=1S/C18H18N4O2S/c1-11-7-14-8-13(3-4-16(14)24-11)15-9-25-18(20-15)21-17(23)12(2)22-6-5-19-10-22/h3-6,8-12H,7H2,1-2H3,(H,20,21,23)/t11-,12-/m0/s1. The molecular weight excluding hydrogens is 336 g/mol. The highest BCUT2D eigenvalue weighted by atomic mass is 32.1. The molecule has 0 spiro atoms. The molecule has 2 atom stereocenters. The van der Waals surface area contributed by atoms with Gasteiger partial charge in [0.15, 0.2) is 5.13 Å². The maximum absolute atomic E-state index is 12.3. The number of rotatable bonds is 4. The highest BCUT2D eigenvalue weighted by Crippen LogP contribution is 2.33. The molecule has 3 aromatic rings. The molecule has 0 aliphatic carbocycles. The van der Waals surface area contributed by atoms with E-state index in [0.717, 1.165) is 23.4 Å². The SMILES string of the molecule is C[C@H]1Cc2cc(-c3csc(NC(=O)[C@H](C)n4ccnc4)n3)ccc2O1. The zero-order valence-electron chi connectivity index (χ0n) is 14.0. The van der Waals surface area contributed by atoms with E-state index in [1.807, 2.05) is 24.4 Å². The summed E-state index contributed by atoms with van der Waals surface area (Å²) in [6.45, 7) is 3.89. The third-order valence-corrected chi connectivity index (χ3v) is 5.04. The molecule has 0 unspecified atom stereocenters. The number of nitrogens with zero attached hydrogens (tertiary/aromatic N) is 3. The van der Waals surface area contributed by atoms with Crippen LogP contribution in [-0.2, 0) is 11.2 Å². The van der Waals surface area contributed by atoms with Crippen LogP contribution in [0.25, 0.3) is 11.3 Å². The molecular formula is C18H18N4O2S. The number of hydrogen-bond acceptors (Lipinski definition) is 5. The second kappa shape index (κ2) is 6.33. The number of fused-ring (bicyclic) bond motifs is 1. The number of aromatic nitrogens is 3. The lowest BCUT2D eigenvalue weighted by Crippen LogP contribution is -2.22. The van der Waals surface area contributed by atoms with Crippen LogP contribution in [0.2, 0.25) is 0 Å². The van der Waals surface area contributed by atoms with E-state index in [1.54, 1.807) is 23.3 Å². The zero-order valence-corrected chi connectivity index (χ0v) is 14.8. The van der Waals surface area contributed by atoms with Crippen LogP contribution < -0.4 is 10.1 Å². The highest BCUT2D eigenvalue weighted by Gasteiger charge is 2.20. The van der Waals surface area contributed by atoms with E-state index in [4.69, 9.17) is 4.74 Å². The molecule has 0 bridgehead atoms. The van der Waals surface area contributed by atoms with Gasteiger partial charge in [0.25, 0.3) is 0 Å². The summed E-state index contributed by atoms with van der Waals surface area (Å²) < 4.78 is 7.49. The van der Waals surface area contributed by atoms with E-state index in [-0.39, 0.29) is 18.1 Å². The van der Waals surface area contributed by atoms with E-state index in [9.17, 15) is 4.79 Å². The summed E-state index contributed by atoms with van der Waals surface area (Å²) in [6.07, 6.45) is 6.19. The second-order valence-corrected chi connectivity index (χ2v) is 7.03. The van der Waals surface area contributed by atoms with Gasteiger partial charge in [-0.25, -0.2) is 9.97 Å². The molecule has 1 aliphatic heterocycles. The molecule has 0 saturated carbocycles. The summed E-state index contributed by atoms with van der Waals surface area (Å²) in [5.74, 6) is 0.837. The van der Waals surface area contributed by atoms with Gasteiger partial charge >= 0.3 is 0 Å². The molecule has 1 amide bonds. The molecule has 128 valence electrons. The molecule has 1 N–H and O–H groups in total. The fourth-order valence-electron chi connectivity index (χ4n) is 2.89. The molecule has 0 radical (unpaired) electrons. The lowest BCUT2D eigenvalue weighted by molar-refractivity contribution is -0.118. The number of amides is 1. The summed E-state index contributed by atoms with van der Waals surface area (Å²) >= 11 is 1.42. The number of carbonyl (C=O) groups excluding carboxylic acids is 1. The van der Waals surface area contributed by atoms with Crippen LogP contribution in [0.5, 0.6) is 5.75 Å². The van der Waals surface area contributed by atoms with Gasteiger partial charge < -0.3 is 14.6 Å². The number of hydrogen-bond donors (Lipinski definition) is 1. The first kappa shape index (κ1) is 15.8. The Hall–Kier alpha value is -2.67. The average Bonchev–Trinajstić information content (AvgIpc) is 3.33. The minimum Gasteiger partial charge on any atom is -0.490 e. The molecule has 4 rings (SSSR count). The first-order valence-corrected chi connectivity index (χ1v) is 9.02. The Balaban J connectivity index is 1.49. The van der Waals surface area contributed by atoms with Crippen LogP contribution in [-0.4, -0.2) is 26.5 Å². The Bertz CT molecular complexity index is 904. The topological polar surface area (TPSA) is 69.0 Å². The maximum Gasteiger partial charge on any atom is 0.248 e. The smallest absolute Gasteiger partial charge is 0.248 e. The number of benzene rings is 1. The predicted molar refractivity (Wildman–Crippen MR) is 96.9 cm³/mol.